The molecule has 0 aliphatic rings. The maximum absolute atomic E-state index is 12.0. The number of amides is 2. The summed E-state index contributed by atoms with van der Waals surface area (Å²) in [5, 5.41) is 5.59. The number of hydrogen-bond donors (Lipinski definition) is 2. The van der Waals surface area contributed by atoms with Crippen LogP contribution in [0.1, 0.15) is 17.3 Å². The lowest BCUT2D eigenvalue weighted by atomic mass is 10.2. The van der Waals surface area contributed by atoms with E-state index in [9.17, 15) is 14.4 Å². The first-order valence-electron chi connectivity index (χ1n) is 7.15. The van der Waals surface area contributed by atoms with E-state index in [0.29, 0.717) is 5.69 Å². The van der Waals surface area contributed by atoms with Gasteiger partial charge in [-0.05, 0) is 30.3 Å². The number of anilines is 2. The highest BCUT2D eigenvalue weighted by atomic mass is 35.5. The fraction of sp³-hybridized carbons (Fsp3) is 0.118. The van der Waals surface area contributed by atoms with Gasteiger partial charge < -0.3 is 15.4 Å². The number of benzene rings is 2. The predicted molar refractivity (Wildman–Crippen MR) is 96.1 cm³/mol. The van der Waals surface area contributed by atoms with Crippen molar-refractivity contribution in [1.29, 1.82) is 0 Å². The number of hydrogen-bond acceptors (Lipinski definition) is 4. The molecule has 2 aromatic rings. The summed E-state index contributed by atoms with van der Waals surface area (Å²) in [6, 6.07) is 11.0. The van der Waals surface area contributed by atoms with Crippen molar-refractivity contribution in [3.05, 3.63) is 58.1 Å². The molecular weight excluding hydrogens is 367 g/mol. The summed E-state index contributed by atoms with van der Waals surface area (Å²) in [7, 11) is 0. The molecule has 8 heteroatoms. The second-order valence-corrected chi connectivity index (χ2v) is 5.80. The largest absolute Gasteiger partial charge is 0.452 e. The van der Waals surface area contributed by atoms with Crippen molar-refractivity contribution in [2.45, 2.75) is 6.92 Å². The molecule has 2 rings (SSSR count). The monoisotopic (exact) mass is 380 g/mol. The zero-order valence-electron chi connectivity index (χ0n) is 13.1. The lowest BCUT2D eigenvalue weighted by Gasteiger charge is -2.10. The van der Waals surface area contributed by atoms with E-state index < -0.39 is 18.5 Å². The molecule has 0 heterocycles. The zero-order chi connectivity index (χ0) is 18.4. The summed E-state index contributed by atoms with van der Waals surface area (Å²) < 4.78 is 4.95. The fourth-order valence-electron chi connectivity index (χ4n) is 1.93. The number of carbonyl (C=O) groups excluding carboxylic acids is 3. The quantitative estimate of drug-likeness (QED) is 0.773. The Morgan fingerprint density at radius 3 is 2.28 bits per heavy atom. The molecule has 0 atom stereocenters. The molecule has 2 aromatic carbocycles. The highest BCUT2D eigenvalue weighted by Gasteiger charge is 2.13. The van der Waals surface area contributed by atoms with Crippen molar-refractivity contribution in [1.82, 2.24) is 0 Å². The van der Waals surface area contributed by atoms with Gasteiger partial charge in [-0.25, -0.2) is 4.79 Å². The number of halogens is 2. The first-order chi connectivity index (χ1) is 11.9. The van der Waals surface area contributed by atoms with E-state index in [2.05, 4.69) is 10.6 Å². The van der Waals surface area contributed by atoms with Gasteiger partial charge in [0.05, 0.1) is 21.3 Å². The SMILES string of the molecule is CC(=O)Nc1cccc(C(=O)OCC(=O)Nc2c(Cl)cccc2Cl)c1. The van der Waals surface area contributed by atoms with Gasteiger partial charge in [-0.3, -0.25) is 9.59 Å². The number of esters is 1. The van der Waals surface area contributed by atoms with Gasteiger partial charge >= 0.3 is 5.97 Å². The smallest absolute Gasteiger partial charge is 0.338 e. The van der Waals surface area contributed by atoms with Gasteiger partial charge in [-0.2, -0.15) is 0 Å². The van der Waals surface area contributed by atoms with Crippen molar-refractivity contribution in [2.24, 2.45) is 0 Å². The lowest BCUT2D eigenvalue weighted by molar-refractivity contribution is -0.119. The second kappa shape index (κ2) is 8.50. The molecule has 0 radical (unpaired) electrons. The third kappa shape index (κ3) is 5.48. The van der Waals surface area contributed by atoms with E-state index in [-0.39, 0.29) is 27.2 Å². The van der Waals surface area contributed by atoms with Gasteiger partial charge in [-0.15, -0.1) is 0 Å². The van der Waals surface area contributed by atoms with E-state index in [1.54, 1.807) is 30.3 Å². The molecule has 2 N–H and O–H groups in total. The summed E-state index contributed by atoms with van der Waals surface area (Å²) >= 11 is 11.9. The van der Waals surface area contributed by atoms with Gasteiger partial charge in [0, 0.05) is 12.6 Å². The average Bonchev–Trinajstić information content (AvgIpc) is 2.56. The summed E-state index contributed by atoms with van der Waals surface area (Å²) in [4.78, 5) is 34.9. The van der Waals surface area contributed by atoms with Gasteiger partial charge in [0.25, 0.3) is 5.91 Å². The molecule has 0 bridgehead atoms. The molecule has 130 valence electrons. The summed E-state index contributed by atoms with van der Waals surface area (Å²) in [6.07, 6.45) is 0. The molecule has 0 unspecified atom stereocenters. The minimum atomic E-state index is -0.701. The van der Waals surface area contributed by atoms with Crippen LogP contribution in [0.2, 0.25) is 10.0 Å². The van der Waals surface area contributed by atoms with Crippen LogP contribution in [0.15, 0.2) is 42.5 Å². The maximum Gasteiger partial charge on any atom is 0.338 e. The lowest BCUT2D eigenvalue weighted by Crippen LogP contribution is -2.21. The Hall–Kier alpha value is -2.57. The molecule has 25 heavy (non-hydrogen) atoms. The van der Waals surface area contributed by atoms with Gasteiger partial charge in [-0.1, -0.05) is 35.3 Å². The second-order valence-electron chi connectivity index (χ2n) is 4.98. The van der Waals surface area contributed by atoms with Gasteiger partial charge in [0.1, 0.15) is 0 Å². The van der Waals surface area contributed by atoms with Crippen molar-refractivity contribution in [3.8, 4) is 0 Å². The number of nitrogens with one attached hydrogen (secondary N) is 2. The normalized spacial score (nSPS) is 10.0. The van der Waals surface area contributed by atoms with Crippen LogP contribution in [0.25, 0.3) is 0 Å². The Bertz CT molecular complexity index is 804. The van der Waals surface area contributed by atoms with Crippen LogP contribution in [-0.2, 0) is 14.3 Å². The highest BCUT2D eigenvalue weighted by Crippen LogP contribution is 2.29. The van der Waals surface area contributed by atoms with E-state index in [0.717, 1.165) is 0 Å². The van der Waals surface area contributed by atoms with Crippen molar-refractivity contribution >= 4 is 52.4 Å². The van der Waals surface area contributed by atoms with Gasteiger partial charge in [0.2, 0.25) is 5.91 Å². The molecule has 0 saturated carbocycles. The van der Waals surface area contributed by atoms with Crippen LogP contribution in [0.5, 0.6) is 0 Å². The minimum Gasteiger partial charge on any atom is -0.452 e. The Morgan fingerprint density at radius 2 is 1.64 bits per heavy atom. The molecule has 2 amide bonds. The van der Waals surface area contributed by atoms with E-state index in [1.807, 2.05) is 0 Å². The van der Waals surface area contributed by atoms with Crippen molar-refractivity contribution < 1.29 is 19.1 Å². The molecule has 0 fully saturated rings. The van der Waals surface area contributed by atoms with Crippen LogP contribution in [0.4, 0.5) is 11.4 Å². The van der Waals surface area contributed by atoms with Gasteiger partial charge in [0.15, 0.2) is 6.61 Å². The van der Waals surface area contributed by atoms with Crippen LogP contribution in [0, 0.1) is 0 Å². The van der Waals surface area contributed by atoms with E-state index in [1.165, 1.54) is 19.1 Å². The maximum atomic E-state index is 12.0. The third-order valence-corrected chi connectivity index (χ3v) is 3.61. The molecule has 0 aliphatic carbocycles. The molecule has 0 spiro atoms. The Balaban J connectivity index is 1.95. The first kappa shape index (κ1) is 18.8. The van der Waals surface area contributed by atoms with E-state index >= 15 is 0 Å². The fourth-order valence-corrected chi connectivity index (χ4v) is 2.43. The topological polar surface area (TPSA) is 84.5 Å². The molecule has 0 saturated heterocycles. The summed E-state index contributed by atoms with van der Waals surface area (Å²) in [6.45, 7) is 0.847. The third-order valence-electron chi connectivity index (χ3n) is 2.98. The minimum absolute atomic E-state index is 0.204. The number of para-hydroxylation sites is 1. The summed E-state index contributed by atoms with van der Waals surface area (Å²) in [5.74, 6) is -1.55. The van der Waals surface area contributed by atoms with Crippen LogP contribution in [0.3, 0.4) is 0 Å². The Labute approximate surface area is 154 Å². The van der Waals surface area contributed by atoms with E-state index in [4.69, 9.17) is 27.9 Å². The molecule has 0 aromatic heterocycles. The van der Waals surface area contributed by atoms with Crippen LogP contribution >= 0.6 is 23.2 Å². The number of carbonyl (C=O) groups is 3. The number of rotatable bonds is 5. The molecule has 6 nitrogen and oxygen atoms in total. The Morgan fingerprint density at radius 1 is 1.00 bits per heavy atom. The number of ether oxygens (including phenoxy) is 1. The highest BCUT2D eigenvalue weighted by molar-refractivity contribution is 6.39. The molecule has 0 aliphatic heterocycles. The standard InChI is InChI=1S/C17H14Cl2N2O4/c1-10(22)20-12-5-2-4-11(8-12)17(24)25-9-15(23)21-16-13(18)6-3-7-14(16)19/h2-8H,9H2,1H3,(H,20,22)(H,21,23). The zero-order valence-corrected chi connectivity index (χ0v) is 14.6. The van der Waals surface area contributed by atoms with Crippen molar-refractivity contribution in [2.75, 3.05) is 17.2 Å². The van der Waals surface area contributed by atoms with Crippen molar-refractivity contribution in [3.63, 3.8) is 0 Å². The Kier molecular flexibility index (Phi) is 6.38. The van der Waals surface area contributed by atoms with Crippen LogP contribution in [-0.4, -0.2) is 24.4 Å². The first-order valence-corrected chi connectivity index (χ1v) is 7.91. The predicted octanol–water partition coefficient (Wildman–Crippen LogP) is 3.75. The van der Waals surface area contributed by atoms with Crippen LogP contribution < -0.4 is 10.6 Å². The summed E-state index contributed by atoms with van der Waals surface area (Å²) in [5.41, 5.74) is 0.906. The average molecular weight is 381 g/mol. The molecular formula is C17H14Cl2N2O4.